The molecular formula is C23H22N4OS. The Balaban J connectivity index is 1.64. The molecule has 4 rings (SSSR count). The number of benzene rings is 2. The van der Waals surface area contributed by atoms with Gasteiger partial charge in [-0.3, -0.25) is 9.48 Å². The van der Waals surface area contributed by atoms with Crippen LogP contribution in [0.3, 0.4) is 0 Å². The summed E-state index contributed by atoms with van der Waals surface area (Å²) in [5, 5.41) is 4.93. The van der Waals surface area contributed by atoms with Crippen LogP contribution in [0.1, 0.15) is 22.3 Å². The lowest BCUT2D eigenvalue weighted by Crippen LogP contribution is -2.20. The van der Waals surface area contributed by atoms with Crippen LogP contribution in [0, 0.1) is 0 Å². The molecule has 0 fully saturated rings. The third-order valence-electron chi connectivity index (χ3n) is 4.59. The van der Waals surface area contributed by atoms with Crippen molar-refractivity contribution in [3.05, 3.63) is 112 Å². The van der Waals surface area contributed by atoms with E-state index in [2.05, 4.69) is 38.9 Å². The maximum absolute atomic E-state index is 12.7. The van der Waals surface area contributed by atoms with Crippen molar-refractivity contribution >= 4 is 11.8 Å². The predicted octanol–water partition coefficient (Wildman–Crippen LogP) is 3.91. The molecular weight excluding hydrogens is 380 g/mol. The van der Waals surface area contributed by atoms with Crippen LogP contribution >= 0.6 is 11.8 Å². The lowest BCUT2D eigenvalue weighted by Gasteiger charge is -2.14. The molecule has 0 saturated carbocycles. The Hall–Kier alpha value is -3.12. The topological polar surface area (TPSA) is 52.7 Å². The van der Waals surface area contributed by atoms with Crippen LogP contribution in [0.2, 0.25) is 0 Å². The van der Waals surface area contributed by atoms with E-state index in [1.165, 1.54) is 11.1 Å². The van der Waals surface area contributed by atoms with E-state index in [-0.39, 0.29) is 5.56 Å². The molecule has 6 heteroatoms. The summed E-state index contributed by atoms with van der Waals surface area (Å²) < 4.78 is 3.82. The van der Waals surface area contributed by atoms with Gasteiger partial charge in [-0.05, 0) is 16.7 Å². The number of rotatable bonds is 7. The van der Waals surface area contributed by atoms with Gasteiger partial charge in [-0.1, -0.05) is 72.4 Å². The van der Waals surface area contributed by atoms with Crippen molar-refractivity contribution in [1.29, 1.82) is 0 Å². The molecule has 0 aliphatic carbocycles. The minimum absolute atomic E-state index is 0.172. The van der Waals surface area contributed by atoms with Gasteiger partial charge in [-0.15, -0.1) is 0 Å². The van der Waals surface area contributed by atoms with E-state index < -0.39 is 0 Å². The van der Waals surface area contributed by atoms with E-state index in [9.17, 15) is 4.79 Å². The Morgan fingerprint density at radius 1 is 0.897 bits per heavy atom. The summed E-state index contributed by atoms with van der Waals surface area (Å²) in [6.45, 7) is 0.672. The van der Waals surface area contributed by atoms with E-state index in [0.717, 1.165) is 16.5 Å². The fourth-order valence-corrected chi connectivity index (χ4v) is 4.08. The third-order valence-corrected chi connectivity index (χ3v) is 5.65. The largest absolute Gasteiger partial charge is 0.323 e. The van der Waals surface area contributed by atoms with Crippen LogP contribution in [0.4, 0.5) is 0 Å². The summed E-state index contributed by atoms with van der Waals surface area (Å²) in [7, 11) is 1.87. The van der Waals surface area contributed by atoms with Crippen LogP contribution in [0.15, 0.2) is 89.2 Å². The lowest BCUT2D eigenvalue weighted by molar-refractivity contribution is 0.653. The molecule has 0 bridgehead atoms. The summed E-state index contributed by atoms with van der Waals surface area (Å²) >= 11 is 1.59. The zero-order valence-electron chi connectivity index (χ0n) is 16.2. The van der Waals surface area contributed by atoms with Crippen LogP contribution in [-0.4, -0.2) is 19.3 Å². The number of aryl methyl sites for hydroxylation is 1. The Morgan fingerprint density at radius 3 is 2.24 bits per heavy atom. The minimum Gasteiger partial charge on any atom is -0.323 e. The zero-order chi connectivity index (χ0) is 20.1. The fraction of sp³-hybridized carbons (Fsp3) is 0.174. The molecule has 2 heterocycles. The minimum atomic E-state index is -0.172. The van der Waals surface area contributed by atoms with Gasteiger partial charge in [0.15, 0.2) is 5.16 Å². The van der Waals surface area contributed by atoms with E-state index in [1.54, 1.807) is 22.6 Å². The van der Waals surface area contributed by atoms with Gasteiger partial charge in [0.2, 0.25) is 0 Å². The van der Waals surface area contributed by atoms with Gasteiger partial charge in [0, 0.05) is 43.7 Å². The monoisotopic (exact) mass is 402 g/mol. The molecule has 29 heavy (non-hydrogen) atoms. The first-order chi connectivity index (χ1) is 14.2. The average molecular weight is 403 g/mol. The molecule has 0 aliphatic rings. The highest BCUT2D eigenvalue weighted by Gasteiger charge is 2.12. The number of hydrogen-bond acceptors (Lipinski definition) is 4. The van der Waals surface area contributed by atoms with Gasteiger partial charge in [-0.25, -0.2) is 0 Å². The van der Waals surface area contributed by atoms with Crippen LogP contribution in [0.25, 0.3) is 0 Å². The Labute approximate surface area is 174 Å². The van der Waals surface area contributed by atoms with Crippen molar-refractivity contribution in [3.8, 4) is 0 Å². The standard InChI is InChI=1S/C23H22N4OS/c1-26-14-20(13-24-26)12-21-16-27(15-18-8-4-2-5-9-18)23(25-22(21)28)29-17-19-10-6-3-7-11-19/h2-11,13-14,16H,12,15,17H2,1H3. The summed E-state index contributed by atoms with van der Waals surface area (Å²) in [5.74, 6) is 0.768. The summed E-state index contributed by atoms with van der Waals surface area (Å²) in [4.78, 5) is 17.1. The highest BCUT2D eigenvalue weighted by Crippen LogP contribution is 2.21. The van der Waals surface area contributed by atoms with Gasteiger partial charge in [0.25, 0.3) is 5.56 Å². The lowest BCUT2D eigenvalue weighted by atomic mass is 10.1. The highest BCUT2D eigenvalue weighted by molar-refractivity contribution is 7.98. The predicted molar refractivity (Wildman–Crippen MR) is 116 cm³/mol. The molecule has 146 valence electrons. The molecule has 2 aromatic heterocycles. The quantitative estimate of drug-likeness (QED) is 0.347. The van der Waals surface area contributed by atoms with E-state index in [1.807, 2.05) is 55.8 Å². The second kappa shape index (κ2) is 8.92. The second-order valence-corrected chi connectivity index (χ2v) is 7.88. The Kier molecular flexibility index (Phi) is 5.91. The number of hydrogen-bond donors (Lipinski definition) is 0. The molecule has 0 aliphatic heterocycles. The molecule has 0 saturated heterocycles. The van der Waals surface area contributed by atoms with Gasteiger partial charge >= 0.3 is 0 Å². The van der Waals surface area contributed by atoms with Crippen molar-refractivity contribution in [1.82, 2.24) is 19.3 Å². The first-order valence-corrected chi connectivity index (χ1v) is 10.4. The summed E-state index contributed by atoms with van der Waals surface area (Å²) in [6.07, 6.45) is 6.19. The molecule has 2 aromatic carbocycles. The Morgan fingerprint density at radius 2 is 1.59 bits per heavy atom. The number of thioether (sulfide) groups is 1. The first kappa shape index (κ1) is 19.2. The third kappa shape index (κ3) is 5.03. The van der Waals surface area contributed by atoms with Crippen LogP contribution in [0.5, 0.6) is 0 Å². The van der Waals surface area contributed by atoms with Crippen molar-refractivity contribution in [2.75, 3.05) is 0 Å². The van der Waals surface area contributed by atoms with Crippen LogP contribution in [-0.2, 0) is 25.8 Å². The number of nitrogens with zero attached hydrogens (tertiary/aromatic N) is 4. The molecule has 0 atom stereocenters. The molecule has 0 amide bonds. The Bertz CT molecular complexity index is 1140. The molecule has 5 nitrogen and oxygen atoms in total. The van der Waals surface area contributed by atoms with Gasteiger partial charge in [-0.2, -0.15) is 10.1 Å². The number of aromatic nitrogens is 4. The SMILES string of the molecule is Cn1cc(Cc2cn(Cc3ccccc3)c(SCc3ccccc3)nc2=O)cn1. The smallest absolute Gasteiger partial charge is 0.277 e. The van der Waals surface area contributed by atoms with Crippen molar-refractivity contribution < 1.29 is 0 Å². The van der Waals surface area contributed by atoms with Crippen molar-refractivity contribution in [2.45, 2.75) is 23.9 Å². The van der Waals surface area contributed by atoms with Gasteiger partial charge in [0.05, 0.1) is 6.20 Å². The van der Waals surface area contributed by atoms with E-state index >= 15 is 0 Å². The fourth-order valence-electron chi connectivity index (χ4n) is 3.16. The summed E-state index contributed by atoms with van der Waals surface area (Å²) in [5.41, 5.74) is 3.89. The zero-order valence-corrected chi connectivity index (χ0v) is 17.0. The average Bonchev–Trinajstić information content (AvgIpc) is 3.15. The highest BCUT2D eigenvalue weighted by atomic mass is 32.2. The summed E-state index contributed by atoms with van der Waals surface area (Å²) in [6, 6.07) is 20.5. The van der Waals surface area contributed by atoms with Crippen LogP contribution < -0.4 is 5.56 Å². The van der Waals surface area contributed by atoms with Gasteiger partial charge in [0.1, 0.15) is 0 Å². The van der Waals surface area contributed by atoms with Crippen molar-refractivity contribution in [3.63, 3.8) is 0 Å². The van der Waals surface area contributed by atoms with Gasteiger partial charge < -0.3 is 4.57 Å². The molecule has 4 aromatic rings. The second-order valence-electron chi connectivity index (χ2n) is 6.94. The maximum atomic E-state index is 12.7. The molecule has 0 N–H and O–H groups in total. The van der Waals surface area contributed by atoms with E-state index in [0.29, 0.717) is 18.5 Å². The molecule has 0 radical (unpaired) electrons. The van der Waals surface area contributed by atoms with Crippen molar-refractivity contribution in [2.24, 2.45) is 7.05 Å². The van der Waals surface area contributed by atoms with E-state index in [4.69, 9.17) is 0 Å². The molecule has 0 unspecified atom stereocenters. The maximum Gasteiger partial charge on any atom is 0.277 e. The normalized spacial score (nSPS) is 10.9. The molecule has 0 spiro atoms. The first-order valence-electron chi connectivity index (χ1n) is 9.46.